The van der Waals surface area contributed by atoms with Gasteiger partial charge in [-0.2, -0.15) is 0 Å². The van der Waals surface area contributed by atoms with Crippen LogP contribution in [0.25, 0.3) is 33.9 Å². The van der Waals surface area contributed by atoms with Crippen LogP contribution in [-0.2, 0) is 19.1 Å². The molecular weight excluding hydrogens is 612 g/mol. The zero-order valence-corrected chi connectivity index (χ0v) is 26.4. The summed E-state index contributed by atoms with van der Waals surface area (Å²) in [5, 5.41) is 23.4. The van der Waals surface area contributed by atoms with Gasteiger partial charge in [-0.05, 0) is 54.6 Å². The van der Waals surface area contributed by atoms with Crippen molar-refractivity contribution in [3.8, 4) is 33.9 Å². The molecule has 0 bridgehead atoms. The number of anilines is 2. The highest BCUT2D eigenvalue weighted by Crippen LogP contribution is 2.25. The molecule has 3 aromatic carbocycles. The first-order valence-corrected chi connectivity index (χ1v) is 15.9. The van der Waals surface area contributed by atoms with Crippen molar-refractivity contribution in [2.45, 2.75) is 0 Å². The van der Waals surface area contributed by atoms with Gasteiger partial charge in [0.1, 0.15) is 11.4 Å². The highest BCUT2D eigenvalue weighted by atomic mass is 16.5. The Morgan fingerprint density at radius 1 is 0.604 bits per heavy atom. The molecule has 2 aromatic heterocycles. The zero-order valence-electron chi connectivity index (χ0n) is 26.4. The SMILES string of the molecule is O=C(CN1CCOCC1)Nc1ccc(-n2cc(-c3cccc(-c4cn(-c5ccc(NC(=O)CN6CCOCC6)cc5)nn4)c3)nn2)cc1. The fourth-order valence-electron chi connectivity index (χ4n) is 5.60. The monoisotopic (exact) mass is 648 g/mol. The molecule has 2 aliphatic heterocycles. The number of morpholine rings is 2. The van der Waals surface area contributed by atoms with Crippen LogP contribution in [-0.4, -0.2) is 117 Å². The molecule has 48 heavy (non-hydrogen) atoms. The molecule has 0 atom stereocenters. The molecule has 7 rings (SSSR count). The van der Waals surface area contributed by atoms with E-state index in [2.05, 4.69) is 41.1 Å². The summed E-state index contributed by atoms with van der Waals surface area (Å²) in [6.07, 6.45) is 3.73. The van der Waals surface area contributed by atoms with E-state index in [1.807, 2.05) is 85.2 Å². The van der Waals surface area contributed by atoms with Crippen molar-refractivity contribution in [3.05, 3.63) is 85.2 Å². The highest BCUT2D eigenvalue weighted by Gasteiger charge is 2.16. The number of hydrogen-bond acceptors (Lipinski definition) is 10. The van der Waals surface area contributed by atoms with E-state index in [1.54, 1.807) is 9.36 Å². The molecule has 2 N–H and O–H groups in total. The van der Waals surface area contributed by atoms with Crippen LogP contribution in [0.1, 0.15) is 0 Å². The lowest BCUT2D eigenvalue weighted by Crippen LogP contribution is -2.41. The minimum Gasteiger partial charge on any atom is -0.379 e. The number of benzene rings is 3. The Balaban J connectivity index is 0.965. The van der Waals surface area contributed by atoms with E-state index in [0.717, 1.165) is 60.1 Å². The van der Waals surface area contributed by atoms with Gasteiger partial charge in [0.2, 0.25) is 11.8 Å². The fraction of sp³-hybridized carbons (Fsp3) is 0.294. The second-order valence-corrected chi connectivity index (χ2v) is 11.6. The van der Waals surface area contributed by atoms with Crippen LogP contribution in [0.3, 0.4) is 0 Å². The van der Waals surface area contributed by atoms with Crippen LogP contribution in [0, 0.1) is 0 Å². The van der Waals surface area contributed by atoms with Crippen LogP contribution in [0.5, 0.6) is 0 Å². The van der Waals surface area contributed by atoms with E-state index in [0.29, 0.717) is 50.9 Å². The Labute approximate surface area is 277 Å². The van der Waals surface area contributed by atoms with Crippen molar-refractivity contribution in [3.63, 3.8) is 0 Å². The molecule has 0 aliphatic carbocycles. The molecule has 246 valence electrons. The summed E-state index contributed by atoms with van der Waals surface area (Å²) < 4.78 is 14.1. The maximum Gasteiger partial charge on any atom is 0.238 e. The van der Waals surface area contributed by atoms with E-state index >= 15 is 0 Å². The smallest absolute Gasteiger partial charge is 0.238 e. The Hall–Kier alpha value is -5.28. The highest BCUT2D eigenvalue weighted by molar-refractivity contribution is 5.93. The minimum absolute atomic E-state index is 0.0498. The number of carbonyl (C=O) groups excluding carboxylic acids is 2. The lowest BCUT2D eigenvalue weighted by molar-refractivity contribution is -0.119. The van der Waals surface area contributed by atoms with Gasteiger partial charge in [0.25, 0.3) is 0 Å². The lowest BCUT2D eigenvalue weighted by atomic mass is 10.1. The molecule has 0 radical (unpaired) electrons. The first kappa shape index (κ1) is 31.3. The van der Waals surface area contributed by atoms with Crippen molar-refractivity contribution in [2.75, 3.05) is 76.3 Å². The van der Waals surface area contributed by atoms with E-state index in [1.165, 1.54) is 0 Å². The van der Waals surface area contributed by atoms with E-state index in [4.69, 9.17) is 9.47 Å². The summed E-state index contributed by atoms with van der Waals surface area (Å²) in [5.74, 6) is -0.0997. The summed E-state index contributed by atoms with van der Waals surface area (Å²) >= 11 is 0. The number of nitrogens with one attached hydrogen (secondary N) is 2. The number of carbonyl (C=O) groups is 2. The molecular formula is C34H36N10O4. The quantitative estimate of drug-likeness (QED) is 0.232. The van der Waals surface area contributed by atoms with Crippen molar-refractivity contribution in [2.24, 2.45) is 0 Å². The maximum atomic E-state index is 12.4. The van der Waals surface area contributed by atoms with Crippen molar-refractivity contribution >= 4 is 23.2 Å². The molecule has 2 saturated heterocycles. The van der Waals surface area contributed by atoms with Gasteiger partial charge < -0.3 is 20.1 Å². The largest absolute Gasteiger partial charge is 0.379 e. The van der Waals surface area contributed by atoms with Crippen LogP contribution in [0.2, 0.25) is 0 Å². The van der Waals surface area contributed by atoms with Gasteiger partial charge in [0.15, 0.2) is 0 Å². The molecule has 14 heteroatoms. The van der Waals surface area contributed by atoms with Crippen molar-refractivity contribution in [1.29, 1.82) is 0 Å². The van der Waals surface area contributed by atoms with Crippen molar-refractivity contribution in [1.82, 2.24) is 39.8 Å². The fourth-order valence-corrected chi connectivity index (χ4v) is 5.60. The van der Waals surface area contributed by atoms with Crippen LogP contribution < -0.4 is 10.6 Å². The standard InChI is InChI=1S/C34H36N10O4/c45-33(23-41-12-16-47-17-13-41)35-27-4-8-29(9-5-27)43-21-31(37-39-43)25-2-1-3-26(20-25)32-22-44(40-38-32)30-10-6-28(7-11-30)36-34(46)24-42-14-18-48-19-15-42/h1-11,20-22H,12-19,23-24H2,(H,35,45)(H,36,46). The van der Waals surface area contributed by atoms with Gasteiger partial charge in [-0.25, -0.2) is 9.36 Å². The predicted molar refractivity (Wildman–Crippen MR) is 179 cm³/mol. The van der Waals surface area contributed by atoms with Gasteiger partial charge in [-0.1, -0.05) is 28.6 Å². The number of rotatable bonds is 10. The predicted octanol–water partition coefficient (Wildman–Crippen LogP) is 2.72. The Morgan fingerprint density at radius 3 is 1.44 bits per heavy atom. The summed E-state index contributed by atoms with van der Waals surface area (Å²) in [6.45, 7) is 6.36. The van der Waals surface area contributed by atoms with Gasteiger partial charge in [0, 0.05) is 48.7 Å². The van der Waals surface area contributed by atoms with Crippen molar-refractivity contribution < 1.29 is 19.1 Å². The van der Waals surface area contributed by atoms with Gasteiger partial charge >= 0.3 is 0 Å². The third-order valence-corrected chi connectivity index (χ3v) is 8.21. The molecule has 2 aliphatic rings. The first-order chi connectivity index (χ1) is 23.6. The first-order valence-electron chi connectivity index (χ1n) is 15.9. The number of ether oxygens (including phenoxy) is 2. The summed E-state index contributed by atoms with van der Waals surface area (Å²) in [4.78, 5) is 29.1. The second kappa shape index (κ2) is 14.6. The Bertz CT molecular complexity index is 1710. The second-order valence-electron chi connectivity index (χ2n) is 11.6. The topological polar surface area (TPSA) is 145 Å². The third kappa shape index (κ3) is 7.81. The number of hydrogen-bond donors (Lipinski definition) is 2. The molecule has 0 spiro atoms. The van der Waals surface area contributed by atoms with Gasteiger partial charge in [-0.15, -0.1) is 10.2 Å². The normalized spacial score (nSPS) is 15.7. The molecule has 2 amide bonds. The lowest BCUT2D eigenvalue weighted by Gasteiger charge is -2.25. The summed E-state index contributed by atoms with van der Waals surface area (Å²) in [6, 6.07) is 22.9. The number of nitrogens with zero attached hydrogens (tertiary/aromatic N) is 8. The van der Waals surface area contributed by atoms with Crippen LogP contribution in [0.4, 0.5) is 11.4 Å². The van der Waals surface area contributed by atoms with Gasteiger partial charge in [0.05, 0.1) is 63.3 Å². The average Bonchev–Trinajstić information content (AvgIpc) is 3.82. The molecule has 4 heterocycles. The van der Waals surface area contributed by atoms with Crippen LogP contribution in [0.15, 0.2) is 85.2 Å². The van der Waals surface area contributed by atoms with E-state index in [9.17, 15) is 9.59 Å². The summed E-state index contributed by atoms with van der Waals surface area (Å²) in [7, 11) is 0. The zero-order chi connectivity index (χ0) is 32.7. The molecule has 0 unspecified atom stereocenters. The summed E-state index contributed by atoms with van der Waals surface area (Å²) in [5.41, 5.74) is 6.27. The van der Waals surface area contributed by atoms with Crippen LogP contribution >= 0.6 is 0 Å². The van der Waals surface area contributed by atoms with Gasteiger partial charge in [-0.3, -0.25) is 19.4 Å². The third-order valence-electron chi connectivity index (χ3n) is 8.21. The maximum absolute atomic E-state index is 12.4. The molecule has 0 saturated carbocycles. The molecule has 5 aromatic rings. The molecule has 14 nitrogen and oxygen atoms in total. The minimum atomic E-state index is -0.0498. The molecule has 2 fully saturated rings. The number of aromatic nitrogens is 6. The van der Waals surface area contributed by atoms with E-state index in [-0.39, 0.29) is 11.8 Å². The Morgan fingerprint density at radius 2 is 1.02 bits per heavy atom. The average molecular weight is 649 g/mol. The van der Waals surface area contributed by atoms with E-state index < -0.39 is 0 Å². The Kier molecular flexibility index (Phi) is 9.56. The number of amides is 2.